The Labute approximate surface area is 637 Å². The average molecular weight is 1490 g/mol. The molecule has 0 amide bonds. The maximum Gasteiger partial charge on any atom is 0.435 e. The normalized spacial score (nSPS) is 13.6. The highest BCUT2D eigenvalue weighted by Crippen LogP contribution is 2.45. The largest absolute Gasteiger partial charge is 0.457 e. The van der Waals surface area contributed by atoms with Gasteiger partial charge in [-0.3, -0.25) is 9.20 Å². The molecule has 6 heterocycles. The fourth-order valence-electron chi connectivity index (χ4n) is 12.9. The molecule has 3 aromatic heterocycles. The number of rotatable bonds is 11. The molecule has 3 aliphatic rings. The highest BCUT2D eigenvalue weighted by molar-refractivity contribution is 6.29. The number of imidazole rings is 1. The van der Waals surface area contributed by atoms with E-state index >= 15 is 0 Å². The summed E-state index contributed by atoms with van der Waals surface area (Å²) < 4.78 is 112. The topological polar surface area (TPSA) is 131 Å². The standard InChI is InChI=1S/C22H17FN2O.C19H17FO2.C18H15F3N2.C17H12F2O2.C17H14O2/c1-14-5-7-16(8-6-14)20-21(17-9-11-18(23)12-10-17)25-13-3-4-19(15(2)26)22(25)24-20;1-12-7-9-13(10-8-12)17-16(18(21)22-19(17,2)3)14-5-4-6-15(20)11-14;1-12-3-7-14(8-4-12)16-11-17(18(19,20)21)22-23(16)15-9-5-13(2)6-10-15;1-10-2-4-11(5-3-10)13-9-21-17(20)16(13)12-6-7-14(18)15(19)8-12;1-12-7-9-13(10-8-12)15-11-19-17(18)16(15)14-5-3-2-4-6-14/h3-13H,1-2H3;4-11H,1-3H3;3-11H,1-2H3;2-8H,9H2,1H3;2-10H,11H2,1H3. The highest BCUT2D eigenvalue weighted by Gasteiger charge is 2.42. The number of alkyl halides is 3. The first-order chi connectivity index (χ1) is 53.1. The fraction of sp³-hybridized carbons (Fsp3) is 0.140. The molecule has 0 N–H and O–H groups in total. The lowest BCUT2D eigenvalue weighted by Gasteiger charge is -2.21. The molecule has 10 aromatic carbocycles. The second kappa shape index (κ2) is 33.2. The SMILES string of the molecule is CC(=O)c1cccn2c(-c3ccc(F)cc3)c(-c3ccc(C)cc3)nc12.Cc1ccc(-c2cc(C(F)(F)F)nn2-c2ccc(C)cc2)cc1.Cc1ccc(C2=C(c3ccc(F)c(F)c3)C(=O)OC2)cc1.Cc1ccc(C2=C(c3cccc(F)c3)C(=O)OC2(C)C)cc1.Cc1ccc(C2=C(c3ccccc3)C(=O)OC2)cc1. The van der Waals surface area contributed by atoms with Crippen LogP contribution in [0.25, 0.3) is 78.5 Å². The lowest BCUT2D eigenvalue weighted by molar-refractivity contribution is -0.142. The molecule has 0 aliphatic carbocycles. The highest BCUT2D eigenvalue weighted by atomic mass is 19.4. The lowest BCUT2D eigenvalue weighted by atomic mass is 9.86. The van der Waals surface area contributed by atoms with Crippen LogP contribution in [0.2, 0.25) is 0 Å². The number of pyridine rings is 1. The van der Waals surface area contributed by atoms with E-state index in [0.717, 1.165) is 102 Å². The van der Waals surface area contributed by atoms with E-state index in [4.69, 9.17) is 19.2 Å². The third-order valence-corrected chi connectivity index (χ3v) is 18.7. The van der Waals surface area contributed by atoms with Crippen molar-refractivity contribution in [1.82, 2.24) is 19.2 Å². The first-order valence-corrected chi connectivity index (χ1v) is 35.5. The maximum absolute atomic E-state index is 13.5. The van der Waals surface area contributed by atoms with Gasteiger partial charge in [0.2, 0.25) is 0 Å². The Balaban J connectivity index is 0.000000129. The van der Waals surface area contributed by atoms with Gasteiger partial charge >= 0.3 is 24.1 Å². The maximum atomic E-state index is 13.5. The minimum Gasteiger partial charge on any atom is -0.457 e. The van der Waals surface area contributed by atoms with Gasteiger partial charge in [0.15, 0.2) is 23.1 Å². The molecule has 3 aliphatic heterocycles. The van der Waals surface area contributed by atoms with Crippen LogP contribution in [-0.4, -0.2) is 61.7 Å². The predicted octanol–water partition coefficient (Wildman–Crippen LogP) is 22.1. The lowest BCUT2D eigenvalue weighted by Crippen LogP contribution is -2.22. The first kappa shape index (κ1) is 77.5. The van der Waals surface area contributed by atoms with Gasteiger partial charge in [-0.15, -0.1) is 0 Å². The van der Waals surface area contributed by atoms with Crippen LogP contribution in [0.15, 0.2) is 267 Å². The predicted molar refractivity (Wildman–Crippen MR) is 420 cm³/mol. The molecule has 0 bridgehead atoms. The first-order valence-electron chi connectivity index (χ1n) is 35.5. The third kappa shape index (κ3) is 17.9. The Kier molecular flexibility index (Phi) is 23.2. The summed E-state index contributed by atoms with van der Waals surface area (Å²) in [6.45, 7) is 17.6. The smallest absolute Gasteiger partial charge is 0.435 e. The average Bonchev–Trinajstić information content (AvgIpc) is 1.62. The van der Waals surface area contributed by atoms with Crippen LogP contribution >= 0.6 is 0 Å². The van der Waals surface area contributed by atoms with Gasteiger partial charge in [0.25, 0.3) is 0 Å². The van der Waals surface area contributed by atoms with Crippen molar-refractivity contribution in [2.75, 3.05) is 13.2 Å². The van der Waals surface area contributed by atoms with Gasteiger partial charge in [-0.1, -0.05) is 215 Å². The fourth-order valence-corrected chi connectivity index (χ4v) is 12.9. The van der Waals surface area contributed by atoms with E-state index in [1.165, 1.54) is 47.5 Å². The van der Waals surface area contributed by atoms with E-state index < -0.39 is 41.0 Å². The number of esters is 3. The van der Waals surface area contributed by atoms with Crippen LogP contribution in [0.5, 0.6) is 0 Å². The number of fused-ring (bicyclic) bond motifs is 1. The molecule has 18 heteroatoms. The molecule has 0 saturated carbocycles. The summed E-state index contributed by atoms with van der Waals surface area (Å²) in [4.78, 5) is 53.0. The number of hydrogen-bond acceptors (Lipinski definition) is 9. The van der Waals surface area contributed by atoms with Crippen LogP contribution < -0.4 is 0 Å². The van der Waals surface area contributed by atoms with Crippen molar-refractivity contribution in [2.45, 2.75) is 74.1 Å². The Morgan fingerprint density at radius 2 is 0.892 bits per heavy atom. The number of halogens is 7. The van der Waals surface area contributed by atoms with Crippen molar-refractivity contribution in [3.05, 3.63) is 368 Å². The zero-order valence-corrected chi connectivity index (χ0v) is 62.1. The second-order valence-corrected chi connectivity index (χ2v) is 27.5. The van der Waals surface area contributed by atoms with E-state index in [1.54, 1.807) is 54.6 Å². The van der Waals surface area contributed by atoms with Gasteiger partial charge in [0.05, 0.1) is 45.1 Å². The van der Waals surface area contributed by atoms with Crippen LogP contribution in [0.3, 0.4) is 0 Å². The summed E-state index contributed by atoms with van der Waals surface area (Å²) in [5.74, 6) is -3.79. The Bertz CT molecular complexity index is 5660. The van der Waals surface area contributed by atoms with Gasteiger partial charge in [-0.05, 0) is 175 Å². The van der Waals surface area contributed by atoms with E-state index in [9.17, 15) is 49.9 Å². The van der Waals surface area contributed by atoms with Crippen molar-refractivity contribution < 1.29 is 64.1 Å². The summed E-state index contributed by atoms with van der Waals surface area (Å²) in [6, 6.07) is 76.5. The molecular weight excluding hydrogens is 1420 g/mol. The molecule has 16 rings (SSSR count). The van der Waals surface area contributed by atoms with Crippen LogP contribution in [0, 0.1) is 64.8 Å². The van der Waals surface area contributed by atoms with Gasteiger partial charge in [-0.25, -0.2) is 41.6 Å². The van der Waals surface area contributed by atoms with Gasteiger partial charge in [0, 0.05) is 39.6 Å². The number of hydrogen-bond donors (Lipinski definition) is 0. The van der Waals surface area contributed by atoms with Crippen molar-refractivity contribution >= 4 is 62.8 Å². The van der Waals surface area contributed by atoms with Gasteiger partial charge in [-0.2, -0.15) is 18.3 Å². The molecule has 13 aromatic rings. The molecule has 0 atom stereocenters. The number of ketones is 1. The monoisotopic (exact) mass is 1490 g/mol. The second-order valence-electron chi connectivity index (χ2n) is 27.5. The Morgan fingerprint density at radius 1 is 0.432 bits per heavy atom. The van der Waals surface area contributed by atoms with Crippen molar-refractivity contribution in [3.8, 4) is 39.5 Å². The quantitative estimate of drug-likeness (QED) is 0.0537. The zero-order valence-electron chi connectivity index (χ0n) is 62.1. The van der Waals surface area contributed by atoms with Gasteiger partial charge in [0.1, 0.15) is 36.1 Å². The van der Waals surface area contributed by atoms with E-state index in [0.29, 0.717) is 62.6 Å². The van der Waals surface area contributed by atoms with Gasteiger partial charge < -0.3 is 14.2 Å². The number of cyclic esters (lactones) is 3. The van der Waals surface area contributed by atoms with Crippen LogP contribution in [0.1, 0.15) is 104 Å². The number of carbonyl (C=O) groups excluding carboxylic acids is 4. The Hall–Kier alpha value is -13.1. The third-order valence-electron chi connectivity index (χ3n) is 18.7. The van der Waals surface area contributed by atoms with Crippen LogP contribution in [-0.2, 0) is 34.8 Å². The van der Waals surface area contributed by atoms with Crippen LogP contribution in [0.4, 0.5) is 30.7 Å². The molecular formula is C93H75F7N4O7. The summed E-state index contributed by atoms with van der Waals surface area (Å²) >= 11 is 0. The molecule has 0 saturated heterocycles. The summed E-state index contributed by atoms with van der Waals surface area (Å²) in [6.07, 6.45) is -2.60. The molecule has 111 heavy (non-hydrogen) atoms. The van der Waals surface area contributed by atoms with Crippen molar-refractivity contribution in [2.24, 2.45) is 0 Å². The summed E-state index contributed by atoms with van der Waals surface area (Å²) in [5, 5.41) is 3.77. The number of ether oxygens (including phenoxy) is 3. The summed E-state index contributed by atoms with van der Waals surface area (Å²) in [7, 11) is 0. The van der Waals surface area contributed by atoms with Crippen molar-refractivity contribution in [3.63, 3.8) is 0 Å². The number of aryl methyl sites for hydroxylation is 6. The van der Waals surface area contributed by atoms with E-state index in [-0.39, 0.29) is 35.6 Å². The summed E-state index contributed by atoms with van der Waals surface area (Å²) in [5.41, 5.74) is 19.8. The molecule has 0 unspecified atom stereocenters. The number of aromatic nitrogens is 4. The van der Waals surface area contributed by atoms with E-state index in [1.807, 2.05) is 224 Å². The van der Waals surface area contributed by atoms with Crippen molar-refractivity contribution in [1.29, 1.82) is 0 Å². The molecule has 0 fully saturated rings. The molecule has 0 spiro atoms. The molecule has 11 nitrogen and oxygen atoms in total. The number of nitrogens with zero attached hydrogens (tertiary/aromatic N) is 4. The van der Waals surface area contributed by atoms with E-state index in [2.05, 4.69) is 5.10 Å². The molecule has 0 radical (unpaired) electrons. The Morgan fingerprint density at radius 3 is 1.40 bits per heavy atom. The molecule has 558 valence electrons. The number of Topliss-reactive ketones (excluding diaryl/α,β-unsaturated/α-hetero) is 1. The number of benzene rings is 10. The number of carbonyl (C=O) groups is 4. The minimum atomic E-state index is -4.48. The zero-order chi connectivity index (χ0) is 79.0. The minimum absolute atomic E-state index is 0.0401.